The van der Waals surface area contributed by atoms with Crippen LogP contribution in [0, 0.1) is 11.8 Å². The fraction of sp³-hybridized carbons (Fsp3) is 0.647. The average Bonchev–Trinajstić information content (AvgIpc) is 2.42. The highest BCUT2D eigenvalue weighted by atomic mass is 16.5. The van der Waals surface area contributed by atoms with Crippen molar-refractivity contribution in [2.45, 2.75) is 45.6 Å². The second-order valence-electron chi connectivity index (χ2n) is 5.96. The quantitative estimate of drug-likeness (QED) is 0.861. The van der Waals surface area contributed by atoms with Crippen LogP contribution in [-0.4, -0.2) is 19.8 Å². The third-order valence-electron chi connectivity index (χ3n) is 4.46. The topological polar surface area (TPSA) is 21.3 Å². The van der Waals surface area contributed by atoms with E-state index in [1.54, 1.807) is 7.11 Å². The third-order valence-corrected chi connectivity index (χ3v) is 4.46. The summed E-state index contributed by atoms with van der Waals surface area (Å²) in [6.07, 6.45) is 5.06. The molecule has 106 valence electrons. The van der Waals surface area contributed by atoms with Crippen molar-refractivity contribution in [2.24, 2.45) is 11.8 Å². The number of para-hydroxylation sites is 1. The Balaban J connectivity index is 2.08. The Morgan fingerprint density at radius 3 is 2.53 bits per heavy atom. The molecule has 1 fully saturated rings. The number of anilines is 1. The lowest BCUT2D eigenvalue weighted by molar-refractivity contribution is 0.202. The summed E-state index contributed by atoms with van der Waals surface area (Å²) in [7, 11) is 1.77. The van der Waals surface area contributed by atoms with Gasteiger partial charge in [0.15, 0.2) is 0 Å². The second-order valence-corrected chi connectivity index (χ2v) is 5.96. The summed E-state index contributed by atoms with van der Waals surface area (Å²) in [4.78, 5) is 0. The van der Waals surface area contributed by atoms with Gasteiger partial charge in [-0.25, -0.2) is 0 Å². The molecular weight excluding hydrogens is 234 g/mol. The number of benzene rings is 1. The molecule has 19 heavy (non-hydrogen) atoms. The molecule has 0 radical (unpaired) electrons. The van der Waals surface area contributed by atoms with E-state index in [1.807, 2.05) is 0 Å². The van der Waals surface area contributed by atoms with Gasteiger partial charge in [0.1, 0.15) is 0 Å². The molecule has 0 saturated heterocycles. The molecule has 2 heteroatoms. The highest BCUT2D eigenvalue weighted by molar-refractivity contribution is 5.52. The molecule has 2 unspecified atom stereocenters. The van der Waals surface area contributed by atoms with Gasteiger partial charge in [-0.05, 0) is 42.7 Å². The van der Waals surface area contributed by atoms with Crippen molar-refractivity contribution in [3.05, 3.63) is 29.8 Å². The van der Waals surface area contributed by atoms with E-state index in [2.05, 4.69) is 43.4 Å². The Labute approximate surface area is 117 Å². The van der Waals surface area contributed by atoms with Gasteiger partial charge in [0.2, 0.25) is 0 Å². The van der Waals surface area contributed by atoms with Gasteiger partial charge in [0.05, 0.1) is 6.61 Å². The summed E-state index contributed by atoms with van der Waals surface area (Å²) in [5, 5.41) is 3.80. The fourth-order valence-corrected chi connectivity index (χ4v) is 3.24. The first-order valence-corrected chi connectivity index (χ1v) is 7.55. The van der Waals surface area contributed by atoms with E-state index in [4.69, 9.17) is 4.74 Å². The lowest BCUT2D eigenvalue weighted by Gasteiger charge is -2.36. The molecule has 1 aliphatic carbocycles. The Morgan fingerprint density at radius 2 is 1.84 bits per heavy atom. The lowest BCUT2D eigenvalue weighted by Crippen LogP contribution is -2.37. The van der Waals surface area contributed by atoms with E-state index >= 15 is 0 Å². The molecule has 0 spiro atoms. The van der Waals surface area contributed by atoms with E-state index in [-0.39, 0.29) is 0 Å². The highest BCUT2D eigenvalue weighted by Crippen LogP contribution is 2.32. The van der Waals surface area contributed by atoms with Crippen LogP contribution in [0.2, 0.25) is 0 Å². The summed E-state index contributed by atoms with van der Waals surface area (Å²) in [6.45, 7) is 5.55. The predicted molar refractivity (Wildman–Crippen MR) is 81.6 cm³/mol. The van der Waals surface area contributed by atoms with E-state index in [0.29, 0.717) is 6.04 Å². The van der Waals surface area contributed by atoms with Crippen molar-refractivity contribution >= 4 is 5.69 Å². The summed E-state index contributed by atoms with van der Waals surface area (Å²) in [6, 6.07) is 9.26. The zero-order chi connectivity index (χ0) is 13.7. The van der Waals surface area contributed by atoms with Gasteiger partial charge in [-0.3, -0.25) is 0 Å². The Bertz CT molecular complexity index is 381. The molecule has 2 rings (SSSR count). The van der Waals surface area contributed by atoms with E-state index in [9.17, 15) is 0 Å². The van der Waals surface area contributed by atoms with Crippen molar-refractivity contribution in [2.75, 3.05) is 19.0 Å². The van der Waals surface area contributed by atoms with Crippen LogP contribution >= 0.6 is 0 Å². The minimum absolute atomic E-state index is 0.609. The summed E-state index contributed by atoms with van der Waals surface area (Å²) in [5.41, 5.74) is 2.67. The van der Waals surface area contributed by atoms with Crippen LogP contribution < -0.4 is 5.32 Å². The van der Waals surface area contributed by atoms with Crippen LogP contribution in [0.3, 0.4) is 0 Å². The number of methoxy groups -OCH3 is 1. The monoisotopic (exact) mass is 261 g/mol. The van der Waals surface area contributed by atoms with E-state index in [0.717, 1.165) is 24.9 Å². The van der Waals surface area contributed by atoms with E-state index < -0.39 is 0 Å². The molecular formula is C17H27NO. The lowest BCUT2D eigenvalue weighted by atomic mass is 9.78. The van der Waals surface area contributed by atoms with Gasteiger partial charge >= 0.3 is 0 Å². The molecule has 0 aromatic heterocycles. The molecule has 1 saturated carbocycles. The number of nitrogens with one attached hydrogen (secondary N) is 1. The first kappa shape index (κ1) is 14.4. The first-order valence-electron chi connectivity index (χ1n) is 7.55. The van der Waals surface area contributed by atoms with Crippen LogP contribution in [0.25, 0.3) is 0 Å². The van der Waals surface area contributed by atoms with Crippen molar-refractivity contribution < 1.29 is 4.74 Å². The summed E-state index contributed by atoms with van der Waals surface area (Å²) in [5.74, 6) is 1.53. The molecule has 0 amide bonds. The zero-order valence-electron chi connectivity index (χ0n) is 12.5. The van der Waals surface area contributed by atoms with Gasteiger partial charge in [-0.1, -0.05) is 38.5 Å². The van der Waals surface area contributed by atoms with Gasteiger partial charge in [0, 0.05) is 18.8 Å². The molecule has 1 N–H and O–H groups in total. The van der Waals surface area contributed by atoms with Crippen LogP contribution in [-0.2, 0) is 11.2 Å². The van der Waals surface area contributed by atoms with Crippen molar-refractivity contribution in [3.8, 4) is 0 Å². The molecule has 0 aliphatic heterocycles. The molecule has 2 nitrogen and oxygen atoms in total. The minimum atomic E-state index is 0.609. The van der Waals surface area contributed by atoms with Crippen LogP contribution in [0.4, 0.5) is 5.69 Å². The molecule has 2 atom stereocenters. The summed E-state index contributed by atoms with van der Waals surface area (Å²) >= 11 is 0. The number of hydrogen-bond donors (Lipinski definition) is 1. The number of ether oxygens (including phenoxy) is 1. The maximum absolute atomic E-state index is 5.21. The van der Waals surface area contributed by atoms with Gasteiger partial charge in [-0.2, -0.15) is 0 Å². The first-order chi connectivity index (χ1) is 9.22. The average molecular weight is 261 g/mol. The third kappa shape index (κ3) is 3.73. The standard InChI is InChI=1S/C17H27NO/c1-13-7-6-8-14(2)17(13)18-16-10-5-4-9-15(16)11-12-19-3/h4-5,9-10,13-14,17-18H,6-8,11-12H2,1-3H3. The maximum atomic E-state index is 5.21. The van der Waals surface area contributed by atoms with Crippen molar-refractivity contribution in [1.29, 1.82) is 0 Å². The SMILES string of the molecule is COCCc1ccccc1NC1C(C)CCCC1C. The Morgan fingerprint density at radius 1 is 1.16 bits per heavy atom. The van der Waals surface area contributed by atoms with Gasteiger partial charge in [-0.15, -0.1) is 0 Å². The van der Waals surface area contributed by atoms with Gasteiger partial charge < -0.3 is 10.1 Å². The Kier molecular flexibility index (Phi) is 5.26. The number of rotatable bonds is 5. The van der Waals surface area contributed by atoms with Crippen molar-refractivity contribution in [3.63, 3.8) is 0 Å². The molecule has 1 aliphatic rings. The van der Waals surface area contributed by atoms with Crippen molar-refractivity contribution in [1.82, 2.24) is 0 Å². The molecule has 1 aromatic rings. The highest BCUT2D eigenvalue weighted by Gasteiger charge is 2.27. The second kappa shape index (κ2) is 6.95. The van der Waals surface area contributed by atoms with Crippen LogP contribution in [0.15, 0.2) is 24.3 Å². The number of hydrogen-bond acceptors (Lipinski definition) is 2. The molecule has 0 heterocycles. The predicted octanol–water partition coefficient (Wildman–Crippen LogP) is 4.11. The zero-order valence-corrected chi connectivity index (χ0v) is 12.5. The fourth-order valence-electron chi connectivity index (χ4n) is 3.24. The molecule has 1 aromatic carbocycles. The largest absolute Gasteiger partial charge is 0.384 e. The summed E-state index contributed by atoms with van der Waals surface area (Å²) < 4.78 is 5.21. The minimum Gasteiger partial charge on any atom is -0.384 e. The Hall–Kier alpha value is -1.02. The van der Waals surface area contributed by atoms with Crippen LogP contribution in [0.1, 0.15) is 38.7 Å². The normalized spacial score (nSPS) is 27.2. The molecule has 0 bridgehead atoms. The maximum Gasteiger partial charge on any atom is 0.0503 e. The van der Waals surface area contributed by atoms with Crippen LogP contribution in [0.5, 0.6) is 0 Å². The van der Waals surface area contributed by atoms with Gasteiger partial charge in [0.25, 0.3) is 0 Å². The smallest absolute Gasteiger partial charge is 0.0503 e. The van der Waals surface area contributed by atoms with E-state index in [1.165, 1.54) is 30.5 Å².